The molecular formula is C14H16F2O4. The molecule has 1 atom stereocenters. The number of carboxylic acid groups (broad SMARTS) is 1. The van der Waals surface area contributed by atoms with Crippen molar-refractivity contribution in [1.29, 1.82) is 0 Å². The molecule has 0 bridgehead atoms. The zero-order valence-electron chi connectivity index (χ0n) is 11.2. The van der Waals surface area contributed by atoms with Gasteiger partial charge in [-0.1, -0.05) is 29.8 Å². The lowest BCUT2D eigenvalue weighted by Gasteiger charge is -2.27. The normalized spacial score (nSPS) is 13.8. The molecule has 1 unspecified atom stereocenters. The Morgan fingerprint density at radius 3 is 2.25 bits per heavy atom. The molecule has 0 aliphatic rings. The second-order valence-corrected chi connectivity index (χ2v) is 4.39. The molecule has 0 radical (unpaired) electrons. The number of aliphatic carboxylic acids is 1. The predicted octanol–water partition coefficient (Wildman–Crippen LogP) is 2.54. The highest BCUT2D eigenvalue weighted by molar-refractivity contribution is 6.05. The molecule has 20 heavy (non-hydrogen) atoms. The minimum atomic E-state index is -2.95. The molecule has 0 aromatic heterocycles. The van der Waals surface area contributed by atoms with Crippen molar-refractivity contribution in [2.75, 3.05) is 6.61 Å². The molecule has 0 aliphatic heterocycles. The van der Waals surface area contributed by atoms with E-state index in [0.717, 1.165) is 5.56 Å². The Bertz CT molecular complexity index is 484. The second-order valence-electron chi connectivity index (χ2n) is 4.39. The molecule has 0 heterocycles. The minimum Gasteiger partial charge on any atom is -0.480 e. The number of carbonyl (C=O) groups is 2. The summed E-state index contributed by atoms with van der Waals surface area (Å²) in [4.78, 5) is 23.5. The van der Waals surface area contributed by atoms with Crippen molar-refractivity contribution in [3.05, 3.63) is 35.4 Å². The summed E-state index contributed by atoms with van der Waals surface area (Å²) in [6.07, 6.45) is -4.07. The van der Waals surface area contributed by atoms with Crippen molar-refractivity contribution in [3.8, 4) is 0 Å². The molecule has 0 spiro atoms. The summed E-state index contributed by atoms with van der Waals surface area (Å²) in [6.45, 7) is 3.18. The lowest BCUT2D eigenvalue weighted by Crippen LogP contribution is -2.46. The average Bonchev–Trinajstić information content (AvgIpc) is 2.36. The van der Waals surface area contributed by atoms with E-state index in [1.165, 1.54) is 19.1 Å². The van der Waals surface area contributed by atoms with Gasteiger partial charge in [-0.2, -0.15) is 0 Å². The molecular weight excluding hydrogens is 270 g/mol. The van der Waals surface area contributed by atoms with Crippen LogP contribution in [0, 0.1) is 6.92 Å². The van der Waals surface area contributed by atoms with Crippen molar-refractivity contribution in [1.82, 2.24) is 0 Å². The van der Waals surface area contributed by atoms with Gasteiger partial charge in [-0.05, 0) is 19.4 Å². The average molecular weight is 286 g/mol. The molecule has 110 valence electrons. The molecule has 0 aliphatic carbocycles. The lowest BCUT2D eigenvalue weighted by atomic mass is 9.77. The van der Waals surface area contributed by atoms with E-state index < -0.39 is 30.2 Å². The van der Waals surface area contributed by atoms with Gasteiger partial charge < -0.3 is 9.84 Å². The summed E-state index contributed by atoms with van der Waals surface area (Å²) in [5.74, 6) is -2.81. The van der Waals surface area contributed by atoms with Crippen LogP contribution in [0.15, 0.2) is 24.3 Å². The van der Waals surface area contributed by atoms with Gasteiger partial charge in [0.25, 0.3) is 0 Å². The Morgan fingerprint density at radius 2 is 1.85 bits per heavy atom. The topological polar surface area (TPSA) is 63.6 Å². The summed E-state index contributed by atoms with van der Waals surface area (Å²) in [5, 5.41) is 9.36. The highest BCUT2D eigenvalue weighted by Gasteiger charge is 2.51. The van der Waals surface area contributed by atoms with Gasteiger partial charge in [0.15, 0.2) is 5.41 Å². The van der Waals surface area contributed by atoms with Gasteiger partial charge in [-0.15, -0.1) is 0 Å². The maximum absolute atomic E-state index is 12.8. The molecule has 0 amide bonds. The second kappa shape index (κ2) is 6.45. The van der Waals surface area contributed by atoms with Crippen molar-refractivity contribution in [2.45, 2.75) is 32.1 Å². The van der Waals surface area contributed by atoms with E-state index >= 15 is 0 Å². The third-order valence-corrected chi connectivity index (χ3v) is 2.99. The first kappa shape index (κ1) is 16.1. The van der Waals surface area contributed by atoms with Crippen molar-refractivity contribution < 1.29 is 28.2 Å². The Hall–Kier alpha value is -1.98. The van der Waals surface area contributed by atoms with Crippen molar-refractivity contribution in [2.24, 2.45) is 0 Å². The van der Waals surface area contributed by atoms with Crippen LogP contribution in [0.25, 0.3) is 0 Å². The van der Waals surface area contributed by atoms with E-state index in [0.29, 0.717) is 0 Å². The van der Waals surface area contributed by atoms with Crippen LogP contribution in [0.1, 0.15) is 24.5 Å². The first-order valence-corrected chi connectivity index (χ1v) is 6.10. The molecule has 1 aromatic carbocycles. The number of benzene rings is 1. The standard InChI is InChI=1S/C14H16F2O4/c1-3-20-13(19)14(12(17)18,8-11(15)16)10-6-4-9(2)5-7-10/h4-7,11H,3,8H2,1-2H3,(H,17,18). The van der Waals surface area contributed by atoms with Crippen molar-refractivity contribution in [3.63, 3.8) is 0 Å². The zero-order chi connectivity index (χ0) is 15.3. The number of carboxylic acids is 1. The van der Waals surface area contributed by atoms with E-state index in [1.807, 2.05) is 0 Å². The molecule has 0 saturated heterocycles. The smallest absolute Gasteiger partial charge is 0.328 e. The largest absolute Gasteiger partial charge is 0.480 e. The fourth-order valence-electron chi connectivity index (χ4n) is 1.94. The predicted molar refractivity (Wildman–Crippen MR) is 67.7 cm³/mol. The third-order valence-electron chi connectivity index (χ3n) is 2.99. The molecule has 4 nitrogen and oxygen atoms in total. The summed E-state index contributed by atoms with van der Waals surface area (Å²) in [6, 6.07) is 5.86. The number of aryl methyl sites for hydroxylation is 1. The van der Waals surface area contributed by atoms with Gasteiger partial charge in [0.05, 0.1) is 6.61 Å². The van der Waals surface area contributed by atoms with Gasteiger partial charge in [0, 0.05) is 6.42 Å². The van der Waals surface area contributed by atoms with E-state index in [2.05, 4.69) is 0 Å². The number of esters is 1. The Morgan fingerprint density at radius 1 is 1.30 bits per heavy atom. The molecule has 1 rings (SSSR count). The van der Waals surface area contributed by atoms with Gasteiger partial charge in [0.1, 0.15) is 0 Å². The highest BCUT2D eigenvalue weighted by atomic mass is 19.3. The first-order chi connectivity index (χ1) is 9.34. The minimum absolute atomic E-state index is 0.00523. The summed E-state index contributed by atoms with van der Waals surface area (Å²) >= 11 is 0. The van der Waals surface area contributed by atoms with Crippen LogP contribution in [0.2, 0.25) is 0 Å². The number of rotatable bonds is 6. The van der Waals surface area contributed by atoms with Crippen LogP contribution in [0.4, 0.5) is 8.78 Å². The van der Waals surface area contributed by atoms with Crippen LogP contribution in [0.3, 0.4) is 0 Å². The van der Waals surface area contributed by atoms with Crippen LogP contribution in [0.5, 0.6) is 0 Å². The molecule has 1 N–H and O–H groups in total. The Kier molecular flexibility index (Phi) is 5.19. The van der Waals surface area contributed by atoms with Crippen LogP contribution in [-0.2, 0) is 19.7 Å². The van der Waals surface area contributed by atoms with E-state index in [1.54, 1.807) is 19.1 Å². The monoisotopic (exact) mass is 286 g/mol. The van der Waals surface area contributed by atoms with Gasteiger partial charge >= 0.3 is 11.9 Å². The fraction of sp³-hybridized carbons (Fsp3) is 0.429. The number of hydrogen-bond acceptors (Lipinski definition) is 3. The number of halogens is 2. The maximum atomic E-state index is 12.8. The summed E-state index contributed by atoms with van der Waals surface area (Å²) in [5.41, 5.74) is -1.55. The SMILES string of the molecule is CCOC(=O)C(CC(F)F)(C(=O)O)c1ccc(C)cc1. The molecule has 0 fully saturated rings. The lowest BCUT2D eigenvalue weighted by molar-refractivity contribution is -0.164. The van der Waals surface area contributed by atoms with Crippen LogP contribution < -0.4 is 0 Å². The van der Waals surface area contributed by atoms with E-state index in [4.69, 9.17) is 4.74 Å². The van der Waals surface area contributed by atoms with Gasteiger partial charge in [-0.25, -0.2) is 8.78 Å². The molecule has 6 heteroatoms. The zero-order valence-corrected chi connectivity index (χ0v) is 11.2. The number of alkyl halides is 2. The van der Waals surface area contributed by atoms with Crippen LogP contribution >= 0.6 is 0 Å². The Labute approximate surface area is 115 Å². The van der Waals surface area contributed by atoms with E-state index in [9.17, 15) is 23.5 Å². The van der Waals surface area contributed by atoms with Gasteiger partial charge in [-0.3, -0.25) is 9.59 Å². The maximum Gasteiger partial charge on any atom is 0.328 e. The number of ether oxygens (including phenoxy) is 1. The number of carbonyl (C=O) groups excluding carboxylic acids is 1. The summed E-state index contributed by atoms with van der Waals surface area (Å²) in [7, 11) is 0. The number of hydrogen-bond donors (Lipinski definition) is 1. The van der Waals surface area contributed by atoms with Crippen LogP contribution in [-0.4, -0.2) is 30.1 Å². The third kappa shape index (κ3) is 3.12. The van der Waals surface area contributed by atoms with E-state index in [-0.39, 0.29) is 12.2 Å². The first-order valence-electron chi connectivity index (χ1n) is 6.10. The quantitative estimate of drug-likeness (QED) is 0.644. The molecule has 1 aromatic rings. The Balaban J connectivity index is 3.39. The van der Waals surface area contributed by atoms with Gasteiger partial charge in [0.2, 0.25) is 6.43 Å². The fourth-order valence-corrected chi connectivity index (χ4v) is 1.94. The summed E-state index contributed by atoms with van der Waals surface area (Å²) < 4.78 is 30.3. The highest BCUT2D eigenvalue weighted by Crippen LogP contribution is 2.33. The van der Waals surface area contributed by atoms with Crippen molar-refractivity contribution >= 4 is 11.9 Å². The molecule has 0 saturated carbocycles.